The van der Waals surface area contributed by atoms with Crippen LogP contribution in [0.3, 0.4) is 0 Å². The topological polar surface area (TPSA) is 70.2 Å². The van der Waals surface area contributed by atoms with Gasteiger partial charge in [-0.1, -0.05) is 11.6 Å². The van der Waals surface area contributed by atoms with Crippen molar-refractivity contribution >= 4 is 51.8 Å². The van der Waals surface area contributed by atoms with E-state index in [1.165, 1.54) is 7.05 Å². The fourth-order valence-electron chi connectivity index (χ4n) is 1.19. The molecule has 0 radical (unpaired) electrons. The minimum atomic E-state index is -0.531. The molecule has 0 bridgehead atoms. The van der Waals surface area contributed by atoms with Crippen molar-refractivity contribution in [3.63, 3.8) is 0 Å². The molecule has 18 heavy (non-hydrogen) atoms. The minimum absolute atomic E-state index is 0.403. The summed E-state index contributed by atoms with van der Waals surface area (Å²) in [6.45, 7) is 1.67. The number of urea groups is 1. The molecule has 0 spiro atoms. The van der Waals surface area contributed by atoms with Gasteiger partial charge in [0.15, 0.2) is 0 Å². The summed E-state index contributed by atoms with van der Waals surface area (Å²) in [7, 11) is 1.45. The maximum absolute atomic E-state index is 11.6. The average Bonchev–Trinajstić information content (AvgIpc) is 2.32. The summed E-state index contributed by atoms with van der Waals surface area (Å²) >= 11 is 7.96. The lowest BCUT2D eigenvalue weighted by molar-refractivity contribution is -0.120. The van der Waals surface area contributed by atoms with Crippen molar-refractivity contribution in [3.8, 4) is 0 Å². The zero-order chi connectivity index (χ0) is 13.7. The normalized spacial score (nSPS) is 11.6. The largest absolute Gasteiger partial charge is 0.373 e. The molecule has 0 saturated heterocycles. The SMILES string of the molecule is CNC(=O)NC(=O)C(C)Nc1ccc(Cl)cc1I. The monoisotopic (exact) mass is 381 g/mol. The molecule has 5 nitrogen and oxygen atoms in total. The van der Waals surface area contributed by atoms with E-state index in [1.807, 2.05) is 0 Å². The first kappa shape index (κ1) is 15.0. The van der Waals surface area contributed by atoms with Crippen LogP contribution in [0.25, 0.3) is 0 Å². The molecule has 0 aliphatic carbocycles. The number of carbonyl (C=O) groups excluding carboxylic acids is 2. The van der Waals surface area contributed by atoms with Crippen molar-refractivity contribution in [2.24, 2.45) is 0 Å². The number of hydrogen-bond acceptors (Lipinski definition) is 3. The average molecular weight is 382 g/mol. The molecule has 0 aromatic heterocycles. The second-order valence-electron chi connectivity index (χ2n) is 3.56. The fraction of sp³-hybridized carbons (Fsp3) is 0.273. The van der Waals surface area contributed by atoms with Crippen LogP contribution >= 0.6 is 34.2 Å². The smallest absolute Gasteiger partial charge is 0.321 e. The van der Waals surface area contributed by atoms with Crippen LogP contribution in [0.4, 0.5) is 10.5 Å². The van der Waals surface area contributed by atoms with Crippen LogP contribution in [-0.4, -0.2) is 25.0 Å². The van der Waals surface area contributed by atoms with Crippen molar-refractivity contribution in [3.05, 3.63) is 26.8 Å². The second-order valence-corrected chi connectivity index (χ2v) is 5.16. The van der Waals surface area contributed by atoms with Crippen LogP contribution < -0.4 is 16.0 Å². The third-order valence-electron chi connectivity index (χ3n) is 2.16. The first-order valence-electron chi connectivity index (χ1n) is 5.18. The van der Waals surface area contributed by atoms with Crippen molar-refractivity contribution in [2.45, 2.75) is 13.0 Å². The Labute approximate surface area is 124 Å². The molecule has 3 N–H and O–H groups in total. The van der Waals surface area contributed by atoms with Gasteiger partial charge in [0.25, 0.3) is 0 Å². The molecule has 1 atom stereocenters. The lowest BCUT2D eigenvalue weighted by Crippen LogP contribution is -2.44. The zero-order valence-electron chi connectivity index (χ0n) is 9.88. The molecular weight excluding hydrogens is 368 g/mol. The Hall–Kier alpha value is -1.02. The molecule has 1 unspecified atom stereocenters. The quantitative estimate of drug-likeness (QED) is 0.703. The molecular formula is C11H13ClIN3O2. The van der Waals surface area contributed by atoms with Crippen molar-refractivity contribution < 1.29 is 9.59 Å². The highest BCUT2D eigenvalue weighted by atomic mass is 127. The van der Waals surface area contributed by atoms with E-state index >= 15 is 0 Å². The number of hydrogen-bond donors (Lipinski definition) is 3. The van der Waals surface area contributed by atoms with Gasteiger partial charge in [0.1, 0.15) is 6.04 Å². The number of anilines is 1. The number of carbonyl (C=O) groups is 2. The van der Waals surface area contributed by atoms with Crippen LogP contribution in [0.15, 0.2) is 18.2 Å². The van der Waals surface area contributed by atoms with E-state index in [2.05, 4.69) is 38.5 Å². The maximum atomic E-state index is 11.6. The lowest BCUT2D eigenvalue weighted by atomic mass is 10.2. The predicted molar refractivity (Wildman–Crippen MR) is 79.9 cm³/mol. The van der Waals surface area contributed by atoms with E-state index in [4.69, 9.17) is 11.6 Å². The van der Waals surface area contributed by atoms with E-state index in [1.54, 1.807) is 25.1 Å². The van der Waals surface area contributed by atoms with Crippen molar-refractivity contribution in [1.29, 1.82) is 0 Å². The Balaban J connectivity index is 2.66. The molecule has 1 aromatic carbocycles. The van der Waals surface area contributed by atoms with Gasteiger partial charge in [0.05, 0.1) is 0 Å². The van der Waals surface area contributed by atoms with Gasteiger partial charge in [-0.3, -0.25) is 10.1 Å². The maximum Gasteiger partial charge on any atom is 0.321 e. The summed E-state index contributed by atoms with van der Waals surface area (Å²) in [5, 5.41) is 8.16. The van der Waals surface area contributed by atoms with Crippen molar-refractivity contribution in [2.75, 3.05) is 12.4 Å². The third kappa shape index (κ3) is 4.34. The standard InChI is InChI=1S/C11H13ClIN3O2/c1-6(10(17)16-11(18)14-2)15-9-4-3-7(12)5-8(9)13/h3-6,15H,1-2H3,(H2,14,16,17,18). The van der Waals surface area contributed by atoms with E-state index in [9.17, 15) is 9.59 Å². The van der Waals surface area contributed by atoms with Crippen molar-refractivity contribution in [1.82, 2.24) is 10.6 Å². The van der Waals surface area contributed by atoms with Crippen LogP contribution in [0.2, 0.25) is 5.02 Å². The number of rotatable bonds is 3. The summed E-state index contributed by atoms with van der Waals surface area (Å²) in [5.41, 5.74) is 0.791. The molecule has 0 fully saturated rings. The Kier molecular flexibility index (Phi) is 5.67. The first-order valence-corrected chi connectivity index (χ1v) is 6.64. The highest BCUT2D eigenvalue weighted by Gasteiger charge is 2.15. The molecule has 0 aliphatic heterocycles. The second kappa shape index (κ2) is 6.79. The van der Waals surface area contributed by atoms with Crippen LogP contribution in [-0.2, 0) is 4.79 Å². The highest BCUT2D eigenvalue weighted by Crippen LogP contribution is 2.22. The number of nitrogens with one attached hydrogen (secondary N) is 3. The Morgan fingerprint density at radius 3 is 2.61 bits per heavy atom. The molecule has 7 heteroatoms. The molecule has 98 valence electrons. The van der Waals surface area contributed by atoms with Gasteiger partial charge in [-0.25, -0.2) is 4.79 Å². The van der Waals surface area contributed by atoms with E-state index in [0.717, 1.165) is 9.26 Å². The van der Waals surface area contributed by atoms with E-state index in [-0.39, 0.29) is 0 Å². The first-order chi connectivity index (χ1) is 8.43. The van der Waals surface area contributed by atoms with E-state index in [0.29, 0.717) is 5.02 Å². The van der Waals surface area contributed by atoms with Crippen LogP contribution in [0.1, 0.15) is 6.92 Å². The summed E-state index contributed by atoms with van der Waals surface area (Å²) < 4.78 is 0.902. The van der Waals surface area contributed by atoms with Gasteiger partial charge >= 0.3 is 6.03 Å². The van der Waals surface area contributed by atoms with E-state index < -0.39 is 18.0 Å². The Bertz CT molecular complexity index is 468. The molecule has 1 rings (SSSR count). The summed E-state index contributed by atoms with van der Waals surface area (Å²) in [6, 6.07) is 4.24. The fourth-order valence-corrected chi connectivity index (χ4v) is 2.22. The predicted octanol–water partition coefficient (Wildman–Crippen LogP) is 2.20. The molecule has 0 saturated carbocycles. The number of benzene rings is 1. The van der Waals surface area contributed by atoms with Gasteiger partial charge < -0.3 is 10.6 Å². The number of halogens is 2. The highest BCUT2D eigenvalue weighted by molar-refractivity contribution is 14.1. The minimum Gasteiger partial charge on any atom is -0.373 e. The number of amides is 3. The van der Waals surface area contributed by atoms with Gasteiger partial charge in [-0.2, -0.15) is 0 Å². The molecule has 3 amide bonds. The molecule has 0 aliphatic rings. The third-order valence-corrected chi connectivity index (χ3v) is 3.29. The molecule has 1 aromatic rings. The lowest BCUT2D eigenvalue weighted by Gasteiger charge is -2.15. The number of imide groups is 1. The van der Waals surface area contributed by atoms with Gasteiger partial charge in [0, 0.05) is 21.3 Å². The summed E-state index contributed by atoms with van der Waals surface area (Å²) in [5.74, 6) is -0.403. The Morgan fingerprint density at radius 2 is 2.06 bits per heavy atom. The Morgan fingerprint density at radius 1 is 1.39 bits per heavy atom. The molecule has 0 heterocycles. The van der Waals surface area contributed by atoms with Gasteiger partial charge in [-0.15, -0.1) is 0 Å². The van der Waals surface area contributed by atoms with Gasteiger partial charge in [-0.05, 0) is 47.7 Å². The van der Waals surface area contributed by atoms with Gasteiger partial charge in [0.2, 0.25) is 5.91 Å². The van der Waals surface area contributed by atoms with Crippen LogP contribution in [0, 0.1) is 3.57 Å². The summed E-state index contributed by atoms with van der Waals surface area (Å²) in [6.07, 6.45) is 0. The van der Waals surface area contributed by atoms with Crippen LogP contribution in [0.5, 0.6) is 0 Å². The zero-order valence-corrected chi connectivity index (χ0v) is 12.8. The summed E-state index contributed by atoms with van der Waals surface area (Å²) in [4.78, 5) is 22.6.